The summed E-state index contributed by atoms with van der Waals surface area (Å²) >= 11 is 2.69. The number of hydrogen-bond acceptors (Lipinski definition) is 7. The molecule has 0 fully saturated rings. The van der Waals surface area contributed by atoms with Crippen LogP contribution in [0.1, 0.15) is 15.4 Å². The van der Waals surface area contributed by atoms with Gasteiger partial charge >= 0.3 is 5.97 Å². The second-order valence-corrected chi connectivity index (χ2v) is 6.44. The molecule has 0 spiro atoms. The summed E-state index contributed by atoms with van der Waals surface area (Å²) in [5.41, 5.74) is -0.392. The number of carbonyl (C=O) groups is 1. The third kappa shape index (κ3) is 3.72. The Kier molecular flexibility index (Phi) is 4.63. The Hall–Kier alpha value is -2.32. The monoisotopic (exact) mass is 348 g/mol. The lowest BCUT2D eigenvalue weighted by molar-refractivity contribution is 0.0734. The Morgan fingerprint density at radius 3 is 3.04 bits per heavy atom. The summed E-state index contributed by atoms with van der Waals surface area (Å²) in [7, 11) is 1.89. The van der Waals surface area contributed by atoms with E-state index in [1.165, 1.54) is 35.4 Å². The molecule has 0 aliphatic heterocycles. The number of thiophene rings is 1. The van der Waals surface area contributed by atoms with Crippen LogP contribution in [-0.4, -0.2) is 15.5 Å². The molecule has 6 nitrogen and oxygen atoms in total. The van der Waals surface area contributed by atoms with Crippen LogP contribution >= 0.6 is 23.1 Å². The van der Waals surface area contributed by atoms with Gasteiger partial charge in [-0.1, -0.05) is 17.8 Å². The van der Waals surface area contributed by atoms with Crippen molar-refractivity contribution >= 4 is 29.1 Å². The lowest BCUT2D eigenvalue weighted by atomic mass is 10.4. The highest BCUT2D eigenvalue weighted by molar-refractivity contribution is 7.98. The minimum absolute atomic E-state index is 0.117. The van der Waals surface area contributed by atoms with Crippen molar-refractivity contribution in [3.05, 3.63) is 63.1 Å². The number of carbonyl (C=O) groups excluding carboxylic acids is 1. The molecule has 3 aromatic rings. The van der Waals surface area contributed by atoms with Gasteiger partial charge in [-0.05, 0) is 11.4 Å². The summed E-state index contributed by atoms with van der Waals surface area (Å²) in [6.45, 7) is 0. The first-order chi connectivity index (χ1) is 11.1. The molecule has 0 saturated heterocycles. The van der Waals surface area contributed by atoms with Gasteiger partial charge in [-0.15, -0.1) is 11.3 Å². The lowest BCUT2D eigenvalue weighted by Crippen LogP contribution is -2.13. The summed E-state index contributed by atoms with van der Waals surface area (Å²) in [6, 6.07) is 4.70. The minimum Gasteiger partial charge on any atom is -0.464 e. The van der Waals surface area contributed by atoms with Gasteiger partial charge in [0.05, 0.1) is 5.75 Å². The highest BCUT2D eigenvalue weighted by atomic mass is 32.2. The maximum atomic E-state index is 12.0. The van der Waals surface area contributed by atoms with E-state index in [0.29, 0.717) is 16.4 Å². The molecule has 0 aromatic carbocycles. The highest BCUT2D eigenvalue weighted by Crippen LogP contribution is 2.21. The molecule has 0 aliphatic rings. The van der Waals surface area contributed by atoms with Crippen molar-refractivity contribution in [3.63, 3.8) is 0 Å². The van der Waals surface area contributed by atoms with Gasteiger partial charge in [0.25, 0.3) is 0 Å². The molecular weight excluding hydrogens is 336 g/mol. The maximum Gasteiger partial charge on any atom is 0.353 e. The first-order valence-electron chi connectivity index (χ1n) is 6.61. The SMILES string of the molecule is Cn1ccnc1SCc1cc(=O)c(OC(=O)c2cccs2)co1. The predicted molar refractivity (Wildman–Crippen MR) is 87.0 cm³/mol. The summed E-state index contributed by atoms with van der Waals surface area (Å²) in [5.74, 6) is 0.259. The Labute approximate surface area is 139 Å². The fourth-order valence-electron chi connectivity index (χ4n) is 1.76. The molecule has 0 saturated carbocycles. The van der Waals surface area contributed by atoms with Gasteiger partial charge in [-0.25, -0.2) is 9.78 Å². The summed E-state index contributed by atoms with van der Waals surface area (Å²) in [5, 5.41) is 2.58. The summed E-state index contributed by atoms with van der Waals surface area (Å²) in [6.07, 6.45) is 4.71. The van der Waals surface area contributed by atoms with Crippen LogP contribution in [0, 0.1) is 0 Å². The van der Waals surface area contributed by atoms with Crippen LogP contribution in [0.3, 0.4) is 0 Å². The Balaban J connectivity index is 1.67. The molecule has 8 heteroatoms. The van der Waals surface area contributed by atoms with Crippen LogP contribution < -0.4 is 10.2 Å². The average Bonchev–Trinajstić information content (AvgIpc) is 3.19. The zero-order valence-corrected chi connectivity index (χ0v) is 13.7. The van der Waals surface area contributed by atoms with Crippen molar-refractivity contribution in [1.29, 1.82) is 0 Å². The topological polar surface area (TPSA) is 74.3 Å². The molecule has 118 valence electrons. The van der Waals surface area contributed by atoms with E-state index in [2.05, 4.69) is 4.98 Å². The van der Waals surface area contributed by atoms with Gasteiger partial charge in [0.15, 0.2) is 5.16 Å². The number of aromatic nitrogens is 2. The summed E-state index contributed by atoms with van der Waals surface area (Å²) < 4.78 is 12.3. The number of aryl methyl sites for hydroxylation is 1. The molecule has 0 N–H and O–H groups in total. The number of rotatable bonds is 5. The van der Waals surface area contributed by atoms with Gasteiger partial charge in [0.1, 0.15) is 16.9 Å². The zero-order valence-electron chi connectivity index (χ0n) is 12.1. The van der Waals surface area contributed by atoms with Crippen LogP contribution in [0.4, 0.5) is 0 Å². The average molecular weight is 348 g/mol. The fourth-order valence-corrected chi connectivity index (χ4v) is 3.18. The summed E-state index contributed by atoms with van der Waals surface area (Å²) in [4.78, 5) is 28.4. The van der Waals surface area contributed by atoms with Crippen molar-refractivity contribution in [2.45, 2.75) is 10.9 Å². The van der Waals surface area contributed by atoms with E-state index in [-0.39, 0.29) is 5.75 Å². The van der Waals surface area contributed by atoms with Crippen molar-refractivity contribution in [1.82, 2.24) is 9.55 Å². The number of nitrogens with zero attached hydrogens (tertiary/aromatic N) is 2. The molecule has 0 aliphatic carbocycles. The molecule has 23 heavy (non-hydrogen) atoms. The molecule has 3 aromatic heterocycles. The minimum atomic E-state index is -0.567. The first kappa shape index (κ1) is 15.6. The van der Waals surface area contributed by atoms with E-state index in [1.54, 1.807) is 23.7 Å². The quantitative estimate of drug-likeness (QED) is 0.521. The van der Waals surface area contributed by atoms with E-state index in [4.69, 9.17) is 9.15 Å². The lowest BCUT2D eigenvalue weighted by Gasteiger charge is -2.04. The van der Waals surface area contributed by atoms with Crippen molar-refractivity contribution in [2.75, 3.05) is 0 Å². The number of esters is 1. The van der Waals surface area contributed by atoms with E-state index in [0.717, 1.165) is 5.16 Å². The van der Waals surface area contributed by atoms with Gasteiger partial charge in [-0.2, -0.15) is 0 Å². The predicted octanol–water partition coefficient (Wildman–Crippen LogP) is 2.95. The highest BCUT2D eigenvalue weighted by Gasteiger charge is 2.13. The molecule has 0 unspecified atom stereocenters. The van der Waals surface area contributed by atoms with Gasteiger partial charge < -0.3 is 13.7 Å². The molecule has 0 atom stereocenters. The largest absolute Gasteiger partial charge is 0.464 e. The second kappa shape index (κ2) is 6.84. The molecule has 3 rings (SSSR count). The van der Waals surface area contributed by atoms with Crippen molar-refractivity contribution in [3.8, 4) is 5.75 Å². The van der Waals surface area contributed by atoms with E-state index < -0.39 is 11.4 Å². The zero-order chi connectivity index (χ0) is 16.2. The van der Waals surface area contributed by atoms with Crippen LogP contribution in [0.25, 0.3) is 0 Å². The number of thioether (sulfide) groups is 1. The van der Waals surface area contributed by atoms with Crippen LogP contribution in [-0.2, 0) is 12.8 Å². The fraction of sp³-hybridized carbons (Fsp3) is 0.133. The standard InChI is InChI=1S/C15H12N2O4S2/c1-17-5-4-16-15(17)23-9-10-7-11(18)12(8-20-10)21-14(19)13-3-2-6-22-13/h2-8H,9H2,1H3. The molecule has 0 radical (unpaired) electrons. The van der Waals surface area contributed by atoms with Gasteiger partial charge in [-0.3, -0.25) is 4.79 Å². The number of imidazole rings is 1. The molecule has 0 bridgehead atoms. The number of ether oxygens (including phenoxy) is 1. The van der Waals surface area contributed by atoms with E-state index >= 15 is 0 Å². The van der Waals surface area contributed by atoms with Crippen molar-refractivity contribution in [2.24, 2.45) is 7.05 Å². The molecule has 3 heterocycles. The molecular formula is C15H12N2O4S2. The van der Waals surface area contributed by atoms with Crippen LogP contribution in [0.2, 0.25) is 0 Å². The third-order valence-corrected chi connectivity index (χ3v) is 4.83. The molecule has 0 amide bonds. The second-order valence-electron chi connectivity index (χ2n) is 4.55. The van der Waals surface area contributed by atoms with Crippen molar-refractivity contribution < 1.29 is 13.9 Å². The number of hydrogen-bond donors (Lipinski definition) is 0. The van der Waals surface area contributed by atoms with E-state index in [9.17, 15) is 9.59 Å². The van der Waals surface area contributed by atoms with Crippen LogP contribution in [0.5, 0.6) is 5.75 Å². The normalized spacial score (nSPS) is 10.7. The van der Waals surface area contributed by atoms with Crippen LogP contribution in [0.15, 0.2) is 56.6 Å². The van der Waals surface area contributed by atoms with E-state index in [1.807, 2.05) is 17.8 Å². The maximum absolute atomic E-state index is 12.0. The smallest absolute Gasteiger partial charge is 0.353 e. The Morgan fingerprint density at radius 1 is 1.52 bits per heavy atom. The van der Waals surface area contributed by atoms with Gasteiger partial charge in [0, 0.05) is 25.5 Å². The Bertz CT molecular complexity index is 868. The first-order valence-corrected chi connectivity index (χ1v) is 8.47. The van der Waals surface area contributed by atoms with Gasteiger partial charge in [0.2, 0.25) is 11.2 Å². The Morgan fingerprint density at radius 2 is 2.39 bits per heavy atom. The third-order valence-electron chi connectivity index (χ3n) is 2.90.